The molecular weight excluding hydrogens is 302 g/mol. The van der Waals surface area contributed by atoms with Gasteiger partial charge in [-0.05, 0) is 39.5 Å². The van der Waals surface area contributed by atoms with E-state index in [1.165, 1.54) is 6.92 Å². The molecule has 0 spiro atoms. The number of aromatic amines is 1. The summed E-state index contributed by atoms with van der Waals surface area (Å²) in [6, 6.07) is -0.0222. The van der Waals surface area contributed by atoms with Crippen molar-refractivity contribution in [3.05, 3.63) is 11.4 Å². The van der Waals surface area contributed by atoms with E-state index in [2.05, 4.69) is 10.2 Å². The van der Waals surface area contributed by atoms with Gasteiger partial charge in [0.2, 0.25) is 0 Å². The molecule has 1 saturated carbocycles. The molecule has 0 bridgehead atoms. The van der Waals surface area contributed by atoms with Crippen molar-refractivity contribution in [1.82, 2.24) is 15.1 Å². The van der Waals surface area contributed by atoms with Crippen LogP contribution >= 0.6 is 10.7 Å². The molecule has 112 valence electrons. The van der Waals surface area contributed by atoms with E-state index in [-0.39, 0.29) is 22.3 Å². The lowest BCUT2D eigenvalue weighted by Crippen LogP contribution is -2.39. The molecule has 6 nitrogen and oxygen atoms in total. The monoisotopic (exact) mass is 319 g/mol. The van der Waals surface area contributed by atoms with Gasteiger partial charge in [0.15, 0.2) is 5.69 Å². The number of hydrogen-bond donors (Lipinski definition) is 1. The summed E-state index contributed by atoms with van der Waals surface area (Å²) in [5, 5.41) is 6.36. The molecule has 1 aromatic rings. The number of halogens is 1. The number of aromatic nitrogens is 2. The smallest absolute Gasteiger partial charge is 0.276 e. The lowest BCUT2D eigenvalue weighted by atomic mass is 10.2. The Hall–Kier alpha value is -1.08. The maximum Gasteiger partial charge on any atom is 0.276 e. The molecule has 0 unspecified atom stereocenters. The van der Waals surface area contributed by atoms with Crippen molar-refractivity contribution in [1.29, 1.82) is 0 Å². The first-order chi connectivity index (χ1) is 9.21. The Kier molecular flexibility index (Phi) is 4.11. The van der Waals surface area contributed by atoms with E-state index in [4.69, 9.17) is 10.7 Å². The van der Waals surface area contributed by atoms with Crippen LogP contribution in [0, 0.1) is 12.8 Å². The zero-order valence-electron chi connectivity index (χ0n) is 11.7. The number of aryl methyl sites for hydroxylation is 1. The van der Waals surface area contributed by atoms with Crippen LogP contribution in [-0.2, 0) is 9.05 Å². The van der Waals surface area contributed by atoms with Crippen LogP contribution < -0.4 is 0 Å². The van der Waals surface area contributed by atoms with Gasteiger partial charge in [0.25, 0.3) is 15.0 Å². The molecular formula is C12H18ClN3O3S. The zero-order valence-corrected chi connectivity index (χ0v) is 13.3. The summed E-state index contributed by atoms with van der Waals surface area (Å²) in [5.41, 5.74) is 0.158. The van der Waals surface area contributed by atoms with Gasteiger partial charge in [0, 0.05) is 23.3 Å². The minimum Gasteiger partial charge on any atom is -0.335 e. The van der Waals surface area contributed by atoms with E-state index < -0.39 is 15.0 Å². The van der Waals surface area contributed by atoms with Crippen molar-refractivity contribution in [2.24, 2.45) is 5.92 Å². The van der Waals surface area contributed by atoms with Gasteiger partial charge < -0.3 is 4.90 Å². The predicted molar refractivity (Wildman–Crippen MR) is 75.3 cm³/mol. The van der Waals surface area contributed by atoms with E-state index in [0.717, 1.165) is 12.8 Å². The first-order valence-corrected chi connectivity index (χ1v) is 8.83. The summed E-state index contributed by atoms with van der Waals surface area (Å²) < 4.78 is 23.2. The highest BCUT2D eigenvalue weighted by Gasteiger charge is 2.33. The highest BCUT2D eigenvalue weighted by atomic mass is 35.7. The molecule has 1 heterocycles. The number of H-pyrrole nitrogens is 1. The van der Waals surface area contributed by atoms with Gasteiger partial charge in [-0.2, -0.15) is 5.10 Å². The Bertz CT molecular complexity index is 620. The number of amides is 1. The summed E-state index contributed by atoms with van der Waals surface area (Å²) in [4.78, 5) is 14.0. The Labute approximate surface area is 122 Å². The number of carbonyl (C=O) groups excluding carboxylic acids is 1. The summed E-state index contributed by atoms with van der Waals surface area (Å²) >= 11 is 0. The largest absolute Gasteiger partial charge is 0.335 e. The van der Waals surface area contributed by atoms with Gasteiger partial charge in [-0.25, -0.2) is 8.42 Å². The molecule has 0 saturated heterocycles. The van der Waals surface area contributed by atoms with Crippen LogP contribution in [0.5, 0.6) is 0 Å². The van der Waals surface area contributed by atoms with Crippen molar-refractivity contribution in [3.63, 3.8) is 0 Å². The van der Waals surface area contributed by atoms with Gasteiger partial charge >= 0.3 is 0 Å². The second-order valence-electron chi connectivity index (χ2n) is 5.46. The average Bonchev–Trinajstić information content (AvgIpc) is 3.04. The molecule has 1 amide bonds. The fourth-order valence-corrected chi connectivity index (χ4v) is 3.45. The van der Waals surface area contributed by atoms with E-state index in [0.29, 0.717) is 12.5 Å². The van der Waals surface area contributed by atoms with E-state index >= 15 is 0 Å². The molecule has 8 heteroatoms. The first kappa shape index (κ1) is 15.3. The molecule has 20 heavy (non-hydrogen) atoms. The molecule has 0 aromatic carbocycles. The quantitative estimate of drug-likeness (QED) is 0.840. The maximum atomic E-state index is 12.6. The van der Waals surface area contributed by atoms with Crippen LogP contribution in [0.3, 0.4) is 0 Å². The summed E-state index contributed by atoms with van der Waals surface area (Å²) in [7, 11) is 1.39. The van der Waals surface area contributed by atoms with Crippen molar-refractivity contribution < 1.29 is 13.2 Å². The Morgan fingerprint density at radius 3 is 2.55 bits per heavy atom. The Morgan fingerprint density at radius 1 is 1.50 bits per heavy atom. The van der Waals surface area contributed by atoms with Crippen molar-refractivity contribution >= 4 is 25.6 Å². The third-order valence-electron chi connectivity index (χ3n) is 3.37. The molecule has 1 fully saturated rings. The highest BCUT2D eigenvalue weighted by molar-refractivity contribution is 8.13. The van der Waals surface area contributed by atoms with E-state index in [9.17, 15) is 13.2 Å². The van der Waals surface area contributed by atoms with Crippen molar-refractivity contribution in [3.8, 4) is 0 Å². The van der Waals surface area contributed by atoms with Crippen LogP contribution in [0.4, 0.5) is 0 Å². The average molecular weight is 320 g/mol. The predicted octanol–water partition coefficient (Wildman–Crippen LogP) is 1.91. The fraction of sp³-hybridized carbons (Fsp3) is 0.667. The Morgan fingerprint density at radius 2 is 2.10 bits per heavy atom. The van der Waals surface area contributed by atoms with Crippen LogP contribution in [0.25, 0.3) is 0 Å². The van der Waals surface area contributed by atoms with Gasteiger partial charge in [0.05, 0.1) is 5.69 Å². The van der Waals surface area contributed by atoms with Gasteiger partial charge in [-0.15, -0.1) is 0 Å². The molecule has 1 N–H and O–H groups in total. The summed E-state index contributed by atoms with van der Waals surface area (Å²) in [6.45, 7) is 5.95. The van der Waals surface area contributed by atoms with Crippen molar-refractivity contribution in [2.75, 3.05) is 6.54 Å². The molecule has 1 aromatic heterocycles. The second kappa shape index (κ2) is 5.37. The molecule has 2 rings (SSSR count). The summed E-state index contributed by atoms with van der Waals surface area (Å²) in [5.74, 6) is 0.118. The lowest BCUT2D eigenvalue weighted by Gasteiger charge is -2.26. The van der Waals surface area contributed by atoms with Gasteiger partial charge in [0.1, 0.15) is 4.90 Å². The van der Waals surface area contributed by atoms with Gasteiger partial charge in [-0.3, -0.25) is 9.89 Å². The Balaban J connectivity index is 2.36. The molecule has 0 aliphatic heterocycles. The standard InChI is InChI=1S/C12H18ClN3O3S/c1-7(2)16(6-9-4-5-9)12(17)10-11(20(13,18)19)8(3)14-15-10/h7,9H,4-6H2,1-3H3,(H,14,15). The number of nitrogens with one attached hydrogen (secondary N) is 1. The van der Waals surface area contributed by atoms with E-state index in [1.54, 1.807) is 4.90 Å². The summed E-state index contributed by atoms with van der Waals surface area (Å²) in [6.07, 6.45) is 2.22. The molecule has 0 radical (unpaired) electrons. The third kappa shape index (κ3) is 3.15. The lowest BCUT2D eigenvalue weighted by molar-refractivity contribution is 0.0686. The normalized spacial score (nSPS) is 15.7. The van der Waals surface area contributed by atoms with Crippen LogP contribution in [0.2, 0.25) is 0 Å². The minimum absolute atomic E-state index is 0.0222. The van der Waals surface area contributed by atoms with Gasteiger partial charge in [-0.1, -0.05) is 0 Å². The van der Waals surface area contributed by atoms with Crippen LogP contribution in [0.1, 0.15) is 42.9 Å². The topological polar surface area (TPSA) is 83.1 Å². The van der Waals surface area contributed by atoms with Crippen molar-refractivity contribution in [2.45, 2.75) is 44.6 Å². The third-order valence-corrected chi connectivity index (χ3v) is 4.82. The second-order valence-corrected chi connectivity index (χ2v) is 7.96. The first-order valence-electron chi connectivity index (χ1n) is 6.52. The molecule has 0 atom stereocenters. The molecule has 1 aliphatic carbocycles. The molecule has 1 aliphatic rings. The number of rotatable bonds is 5. The fourth-order valence-electron chi connectivity index (χ4n) is 2.11. The number of hydrogen-bond acceptors (Lipinski definition) is 4. The zero-order chi connectivity index (χ0) is 15.1. The SMILES string of the molecule is Cc1[nH]nc(C(=O)N(CC2CC2)C(C)C)c1S(=O)(=O)Cl. The highest BCUT2D eigenvalue weighted by Crippen LogP contribution is 2.31. The number of carbonyl (C=O) groups is 1. The van der Waals surface area contributed by atoms with E-state index in [1.807, 2.05) is 13.8 Å². The van der Waals surface area contributed by atoms with Crippen LogP contribution in [0.15, 0.2) is 4.90 Å². The minimum atomic E-state index is -4.01. The van der Waals surface area contributed by atoms with Crippen LogP contribution in [-0.4, -0.2) is 42.0 Å². The number of nitrogens with zero attached hydrogens (tertiary/aromatic N) is 2. The maximum absolute atomic E-state index is 12.6.